The first-order valence-electron chi connectivity index (χ1n) is 9.76. The molecule has 3 rings (SSSR count). The van der Waals surface area contributed by atoms with Crippen molar-refractivity contribution in [2.24, 2.45) is 0 Å². The molecule has 144 valence electrons. The maximum Gasteiger partial charge on any atom is 0.333 e. The van der Waals surface area contributed by atoms with Gasteiger partial charge in [0.1, 0.15) is 18.0 Å². The first-order chi connectivity index (χ1) is 13.6. The minimum atomic E-state index is -0.315. The highest BCUT2D eigenvalue weighted by Gasteiger charge is 2.34. The molecule has 1 heterocycles. The summed E-state index contributed by atoms with van der Waals surface area (Å²) in [5.41, 5.74) is 3.27. The van der Waals surface area contributed by atoms with E-state index in [1.807, 2.05) is 48.5 Å². The molecular formula is C24H25NO3. The second-order valence-corrected chi connectivity index (χ2v) is 7.12. The summed E-state index contributed by atoms with van der Waals surface area (Å²) in [5.74, 6) is 0.442. The summed E-state index contributed by atoms with van der Waals surface area (Å²) in [4.78, 5) is 11.7. The molecular weight excluding hydrogens is 350 g/mol. The Kier molecular flexibility index (Phi) is 6.49. The predicted molar refractivity (Wildman–Crippen MR) is 109 cm³/mol. The number of esters is 1. The normalized spacial score (nSPS) is 17.1. The average molecular weight is 375 g/mol. The number of carbonyl (C=O) groups is 1. The van der Waals surface area contributed by atoms with E-state index < -0.39 is 0 Å². The number of nitrogens with zero attached hydrogens (tertiary/aromatic N) is 1. The highest BCUT2D eigenvalue weighted by atomic mass is 16.6. The summed E-state index contributed by atoms with van der Waals surface area (Å²) in [6, 6.07) is 17.5. The Labute approximate surface area is 166 Å². The zero-order valence-corrected chi connectivity index (χ0v) is 16.2. The molecule has 0 spiro atoms. The van der Waals surface area contributed by atoms with E-state index in [1.54, 1.807) is 0 Å². The Morgan fingerprint density at radius 3 is 2.32 bits per heavy atom. The van der Waals surface area contributed by atoms with E-state index in [0.717, 1.165) is 42.6 Å². The molecule has 2 aromatic rings. The molecule has 4 heteroatoms. The summed E-state index contributed by atoms with van der Waals surface area (Å²) in [6.45, 7) is 5.94. The van der Waals surface area contributed by atoms with E-state index in [-0.39, 0.29) is 18.2 Å². The maximum absolute atomic E-state index is 11.7. The van der Waals surface area contributed by atoms with Gasteiger partial charge >= 0.3 is 5.97 Å². The predicted octanol–water partition coefficient (Wildman–Crippen LogP) is 5.42. The van der Waals surface area contributed by atoms with Crippen molar-refractivity contribution in [3.05, 3.63) is 66.2 Å². The first kappa shape index (κ1) is 19.7. The van der Waals surface area contributed by atoms with Crippen LogP contribution in [0.2, 0.25) is 0 Å². The standard InChI is InChI=1S/C24H25NO3/c1-3-4-5-6-22(23-15-17(2)24(26)28-23)27-21-13-11-20(12-14-21)19-9-7-18(16-25)8-10-19/h7-14,22-23H,2-6,15H2,1H3. The van der Waals surface area contributed by atoms with Crippen LogP contribution in [0.5, 0.6) is 5.75 Å². The van der Waals surface area contributed by atoms with Crippen LogP contribution in [-0.4, -0.2) is 18.2 Å². The lowest BCUT2D eigenvalue weighted by Gasteiger charge is -2.24. The molecule has 28 heavy (non-hydrogen) atoms. The SMILES string of the molecule is C=C1CC(C(CCCCC)Oc2ccc(-c3ccc(C#N)cc3)cc2)OC1=O. The largest absolute Gasteiger partial charge is 0.487 e. The van der Waals surface area contributed by atoms with Crippen LogP contribution in [0.25, 0.3) is 11.1 Å². The van der Waals surface area contributed by atoms with E-state index in [9.17, 15) is 4.79 Å². The van der Waals surface area contributed by atoms with Gasteiger partial charge in [-0.1, -0.05) is 50.6 Å². The summed E-state index contributed by atoms with van der Waals surface area (Å²) in [5, 5.41) is 8.92. The molecule has 0 radical (unpaired) electrons. The van der Waals surface area contributed by atoms with Gasteiger partial charge in [0, 0.05) is 12.0 Å². The molecule has 0 aliphatic carbocycles. The van der Waals surface area contributed by atoms with Gasteiger partial charge in [-0.2, -0.15) is 5.26 Å². The van der Waals surface area contributed by atoms with Gasteiger partial charge in [0.05, 0.1) is 11.6 Å². The van der Waals surface area contributed by atoms with Crippen molar-refractivity contribution in [1.29, 1.82) is 5.26 Å². The van der Waals surface area contributed by atoms with Crippen molar-refractivity contribution in [2.75, 3.05) is 0 Å². The van der Waals surface area contributed by atoms with Crippen LogP contribution in [0.1, 0.15) is 44.6 Å². The van der Waals surface area contributed by atoms with E-state index in [1.165, 1.54) is 0 Å². The molecule has 0 saturated carbocycles. The second kappa shape index (κ2) is 9.23. The van der Waals surface area contributed by atoms with E-state index in [2.05, 4.69) is 19.6 Å². The number of benzene rings is 2. The number of unbranched alkanes of at least 4 members (excludes halogenated alkanes) is 2. The lowest BCUT2D eigenvalue weighted by molar-refractivity contribution is -0.142. The van der Waals surface area contributed by atoms with Crippen molar-refractivity contribution in [1.82, 2.24) is 0 Å². The third kappa shape index (κ3) is 4.80. The lowest BCUT2D eigenvalue weighted by Crippen LogP contribution is -2.31. The number of hydrogen-bond donors (Lipinski definition) is 0. The number of carbonyl (C=O) groups excluding carboxylic acids is 1. The number of nitriles is 1. The molecule has 1 fully saturated rings. The average Bonchev–Trinajstić information content (AvgIpc) is 3.06. The number of ether oxygens (including phenoxy) is 2. The van der Waals surface area contributed by atoms with Gasteiger partial charge in [-0.05, 0) is 48.2 Å². The zero-order valence-electron chi connectivity index (χ0n) is 16.2. The van der Waals surface area contributed by atoms with Crippen molar-refractivity contribution >= 4 is 5.97 Å². The topological polar surface area (TPSA) is 59.3 Å². The van der Waals surface area contributed by atoms with Gasteiger partial charge in [0.15, 0.2) is 0 Å². The van der Waals surface area contributed by atoms with Crippen molar-refractivity contribution in [2.45, 2.75) is 51.2 Å². The van der Waals surface area contributed by atoms with Crippen LogP contribution >= 0.6 is 0 Å². The van der Waals surface area contributed by atoms with Crippen LogP contribution in [0, 0.1) is 11.3 Å². The van der Waals surface area contributed by atoms with Gasteiger partial charge in [-0.3, -0.25) is 0 Å². The Morgan fingerprint density at radius 2 is 1.79 bits per heavy atom. The van der Waals surface area contributed by atoms with Gasteiger partial charge in [-0.25, -0.2) is 4.79 Å². The molecule has 0 aromatic heterocycles. The van der Waals surface area contributed by atoms with Crippen LogP contribution in [0.3, 0.4) is 0 Å². The van der Waals surface area contributed by atoms with Crippen LogP contribution in [0.15, 0.2) is 60.7 Å². The van der Waals surface area contributed by atoms with E-state index in [0.29, 0.717) is 17.6 Å². The highest BCUT2D eigenvalue weighted by molar-refractivity contribution is 5.90. The number of hydrogen-bond acceptors (Lipinski definition) is 4. The number of cyclic esters (lactones) is 1. The minimum Gasteiger partial charge on any atom is -0.487 e. The van der Waals surface area contributed by atoms with Gasteiger partial charge in [0.25, 0.3) is 0 Å². The fourth-order valence-electron chi connectivity index (χ4n) is 3.35. The second-order valence-electron chi connectivity index (χ2n) is 7.12. The molecule has 0 N–H and O–H groups in total. The lowest BCUT2D eigenvalue weighted by atomic mass is 10.0. The molecule has 1 saturated heterocycles. The minimum absolute atomic E-state index is 0.171. The molecule has 2 aromatic carbocycles. The Hall–Kier alpha value is -3.06. The summed E-state index contributed by atoms with van der Waals surface area (Å²) < 4.78 is 11.7. The number of rotatable bonds is 8. The molecule has 0 bridgehead atoms. The fraction of sp³-hybridized carbons (Fsp3) is 0.333. The monoisotopic (exact) mass is 375 g/mol. The highest BCUT2D eigenvalue weighted by Crippen LogP contribution is 2.29. The van der Waals surface area contributed by atoms with Crippen molar-refractivity contribution in [3.8, 4) is 22.9 Å². The fourth-order valence-corrected chi connectivity index (χ4v) is 3.35. The van der Waals surface area contributed by atoms with Crippen LogP contribution < -0.4 is 4.74 Å². The summed E-state index contributed by atoms with van der Waals surface area (Å²) in [6.07, 6.45) is 4.22. The Balaban J connectivity index is 1.70. The Bertz CT molecular complexity index is 846. The Morgan fingerprint density at radius 1 is 1.14 bits per heavy atom. The van der Waals surface area contributed by atoms with Crippen molar-refractivity contribution < 1.29 is 14.3 Å². The maximum atomic E-state index is 11.7. The van der Waals surface area contributed by atoms with Crippen LogP contribution in [0.4, 0.5) is 0 Å². The van der Waals surface area contributed by atoms with E-state index in [4.69, 9.17) is 14.7 Å². The third-order valence-electron chi connectivity index (χ3n) is 4.99. The summed E-state index contributed by atoms with van der Waals surface area (Å²) >= 11 is 0. The van der Waals surface area contributed by atoms with Gasteiger partial charge in [-0.15, -0.1) is 0 Å². The van der Waals surface area contributed by atoms with E-state index >= 15 is 0 Å². The quantitative estimate of drug-likeness (QED) is 0.351. The molecule has 2 unspecified atom stereocenters. The molecule has 2 atom stereocenters. The van der Waals surface area contributed by atoms with Crippen molar-refractivity contribution in [3.63, 3.8) is 0 Å². The summed E-state index contributed by atoms with van der Waals surface area (Å²) in [7, 11) is 0. The third-order valence-corrected chi connectivity index (χ3v) is 4.99. The molecule has 0 amide bonds. The van der Waals surface area contributed by atoms with Crippen LogP contribution in [-0.2, 0) is 9.53 Å². The van der Waals surface area contributed by atoms with Gasteiger partial charge < -0.3 is 9.47 Å². The smallest absolute Gasteiger partial charge is 0.333 e. The van der Waals surface area contributed by atoms with Gasteiger partial charge in [0.2, 0.25) is 0 Å². The zero-order chi connectivity index (χ0) is 19.9. The molecule has 1 aliphatic rings. The first-order valence-corrected chi connectivity index (χ1v) is 9.76. The molecule has 1 aliphatic heterocycles. The molecule has 4 nitrogen and oxygen atoms in total.